The van der Waals surface area contributed by atoms with Gasteiger partial charge in [-0.05, 0) is 56.4 Å². The summed E-state index contributed by atoms with van der Waals surface area (Å²) in [5.41, 5.74) is 1.26. The fourth-order valence-electron chi connectivity index (χ4n) is 3.12. The van der Waals surface area contributed by atoms with E-state index in [1.54, 1.807) is 24.3 Å². The van der Waals surface area contributed by atoms with Crippen molar-refractivity contribution in [2.24, 2.45) is 0 Å². The van der Waals surface area contributed by atoms with Gasteiger partial charge in [0.05, 0.1) is 6.54 Å². The predicted octanol–water partition coefficient (Wildman–Crippen LogP) is 3.40. The number of hydrogen-bond acceptors (Lipinski definition) is 4. The van der Waals surface area contributed by atoms with Crippen LogP contribution in [0, 0.1) is 0 Å². The molecule has 138 valence electrons. The topological polar surface area (TPSA) is 66.9 Å². The molecular weight excluding hydrogens is 356 g/mol. The molecule has 0 bridgehead atoms. The van der Waals surface area contributed by atoms with Gasteiger partial charge in [-0.2, -0.15) is 0 Å². The number of benzene rings is 1. The minimum Gasteiger partial charge on any atom is -0.492 e. The smallest absolute Gasteiger partial charge is 0.334 e. The van der Waals surface area contributed by atoms with E-state index < -0.39 is 17.8 Å². The van der Waals surface area contributed by atoms with E-state index in [0.29, 0.717) is 17.2 Å². The standard InChI is InChI=1S/C19H21ClN2O4/c20-15-6-8-16(9-7-15)26-13-12-22-18(24)17(23)21(19(22)25)11-10-14-4-2-1-3-5-14/h4,6-9H,1-3,5,10-13H2. The molecule has 1 fully saturated rings. The van der Waals surface area contributed by atoms with Gasteiger partial charge in [0.1, 0.15) is 12.4 Å². The lowest BCUT2D eigenvalue weighted by molar-refractivity contribution is -0.143. The van der Waals surface area contributed by atoms with Gasteiger partial charge in [0.15, 0.2) is 0 Å². The number of ether oxygens (including phenoxy) is 1. The summed E-state index contributed by atoms with van der Waals surface area (Å²) in [6.07, 6.45) is 7.19. The third-order valence-corrected chi connectivity index (χ3v) is 4.83. The highest BCUT2D eigenvalue weighted by atomic mass is 35.5. The highest BCUT2D eigenvalue weighted by Gasteiger charge is 2.43. The van der Waals surface area contributed by atoms with Gasteiger partial charge in [-0.15, -0.1) is 0 Å². The number of hydrogen-bond donors (Lipinski definition) is 0. The highest BCUT2D eigenvalue weighted by Crippen LogP contribution is 2.22. The first kappa shape index (κ1) is 18.5. The van der Waals surface area contributed by atoms with Crippen molar-refractivity contribution in [2.75, 3.05) is 19.7 Å². The Morgan fingerprint density at radius 3 is 2.31 bits per heavy atom. The summed E-state index contributed by atoms with van der Waals surface area (Å²) in [5.74, 6) is -0.953. The fourth-order valence-corrected chi connectivity index (χ4v) is 3.24. The Morgan fingerprint density at radius 1 is 0.962 bits per heavy atom. The van der Waals surface area contributed by atoms with Gasteiger partial charge in [-0.25, -0.2) is 4.79 Å². The van der Waals surface area contributed by atoms with Crippen LogP contribution in [0.15, 0.2) is 35.9 Å². The molecule has 2 aliphatic rings. The van der Waals surface area contributed by atoms with Gasteiger partial charge in [0.25, 0.3) is 0 Å². The summed E-state index contributed by atoms with van der Waals surface area (Å²) >= 11 is 5.81. The molecule has 1 aromatic rings. The largest absolute Gasteiger partial charge is 0.492 e. The van der Waals surface area contributed by atoms with Crippen LogP contribution in [0.2, 0.25) is 5.02 Å². The molecular formula is C19H21ClN2O4. The second-order valence-electron chi connectivity index (χ2n) is 6.36. The molecule has 0 spiro atoms. The van der Waals surface area contributed by atoms with Crippen LogP contribution < -0.4 is 4.74 Å². The molecule has 0 N–H and O–H groups in total. The average Bonchev–Trinajstić information content (AvgIpc) is 2.86. The van der Waals surface area contributed by atoms with E-state index in [1.165, 1.54) is 12.0 Å². The number of nitrogens with zero attached hydrogens (tertiary/aromatic N) is 2. The summed E-state index contributed by atoms with van der Waals surface area (Å²) in [6.45, 7) is 0.403. The monoisotopic (exact) mass is 376 g/mol. The Kier molecular flexibility index (Phi) is 5.93. The maximum Gasteiger partial charge on any atom is 0.334 e. The SMILES string of the molecule is O=C1C(=O)N(CCC2=CCCCC2)C(=O)N1CCOc1ccc(Cl)cc1. The summed E-state index contributed by atoms with van der Waals surface area (Å²) < 4.78 is 5.50. The van der Waals surface area contributed by atoms with E-state index in [1.807, 2.05) is 0 Å². The molecule has 6 nitrogen and oxygen atoms in total. The minimum atomic E-state index is -0.785. The van der Waals surface area contributed by atoms with Crippen LogP contribution in [-0.2, 0) is 9.59 Å². The second-order valence-corrected chi connectivity index (χ2v) is 6.79. The Bertz CT molecular complexity index is 730. The number of amides is 4. The molecule has 1 saturated heterocycles. The van der Waals surface area contributed by atoms with Gasteiger partial charge < -0.3 is 4.74 Å². The maximum atomic E-state index is 12.4. The summed E-state index contributed by atoms with van der Waals surface area (Å²) in [7, 11) is 0. The number of imide groups is 2. The van der Waals surface area contributed by atoms with Crippen molar-refractivity contribution in [3.8, 4) is 5.75 Å². The number of allylic oxidation sites excluding steroid dienone is 1. The van der Waals surface area contributed by atoms with Crippen LogP contribution in [-0.4, -0.2) is 47.3 Å². The lowest BCUT2D eigenvalue weighted by atomic mass is 9.97. The van der Waals surface area contributed by atoms with Crippen LogP contribution in [0.1, 0.15) is 32.1 Å². The Labute approximate surface area is 157 Å². The Morgan fingerprint density at radius 2 is 1.65 bits per heavy atom. The molecule has 3 rings (SSSR count). The molecule has 0 radical (unpaired) electrons. The summed E-state index contributed by atoms with van der Waals surface area (Å²) in [5, 5.41) is 0.594. The first-order valence-electron chi connectivity index (χ1n) is 8.80. The number of rotatable bonds is 7. The second kappa shape index (κ2) is 8.36. The van der Waals surface area contributed by atoms with E-state index in [4.69, 9.17) is 16.3 Å². The number of urea groups is 1. The van der Waals surface area contributed by atoms with Crippen molar-refractivity contribution < 1.29 is 19.1 Å². The zero-order chi connectivity index (χ0) is 18.5. The fraction of sp³-hybridized carbons (Fsp3) is 0.421. The minimum absolute atomic E-state index is 0.0330. The van der Waals surface area contributed by atoms with Gasteiger partial charge in [0, 0.05) is 11.6 Å². The van der Waals surface area contributed by atoms with E-state index in [0.717, 1.165) is 29.1 Å². The van der Waals surface area contributed by atoms with Crippen LogP contribution in [0.4, 0.5) is 4.79 Å². The van der Waals surface area contributed by atoms with Crippen LogP contribution in [0.5, 0.6) is 5.75 Å². The van der Waals surface area contributed by atoms with Crippen molar-refractivity contribution in [1.29, 1.82) is 0 Å². The van der Waals surface area contributed by atoms with Gasteiger partial charge in [0.2, 0.25) is 0 Å². The van der Waals surface area contributed by atoms with Crippen molar-refractivity contribution in [1.82, 2.24) is 9.80 Å². The lowest BCUT2D eigenvalue weighted by Crippen LogP contribution is -2.36. The zero-order valence-electron chi connectivity index (χ0n) is 14.4. The first-order chi connectivity index (χ1) is 12.6. The Balaban J connectivity index is 1.52. The Hall–Kier alpha value is -2.34. The molecule has 26 heavy (non-hydrogen) atoms. The van der Waals surface area contributed by atoms with Crippen LogP contribution >= 0.6 is 11.6 Å². The van der Waals surface area contributed by atoms with Gasteiger partial charge >= 0.3 is 17.8 Å². The first-order valence-corrected chi connectivity index (χ1v) is 9.17. The van der Waals surface area contributed by atoms with Crippen molar-refractivity contribution in [3.63, 3.8) is 0 Å². The number of carbonyl (C=O) groups is 3. The van der Waals surface area contributed by atoms with E-state index in [2.05, 4.69) is 6.08 Å². The number of carbonyl (C=O) groups excluding carboxylic acids is 3. The van der Waals surface area contributed by atoms with Gasteiger partial charge in [-0.3, -0.25) is 19.4 Å². The van der Waals surface area contributed by atoms with Crippen LogP contribution in [0.3, 0.4) is 0 Å². The van der Waals surface area contributed by atoms with E-state index >= 15 is 0 Å². The van der Waals surface area contributed by atoms with E-state index in [9.17, 15) is 14.4 Å². The quantitative estimate of drug-likeness (QED) is 0.415. The van der Waals surface area contributed by atoms with Crippen molar-refractivity contribution in [2.45, 2.75) is 32.1 Å². The molecule has 7 heteroatoms. The number of halogens is 1. The molecule has 0 unspecified atom stereocenters. The molecule has 1 aliphatic heterocycles. The predicted molar refractivity (Wildman–Crippen MR) is 96.9 cm³/mol. The zero-order valence-corrected chi connectivity index (χ0v) is 15.2. The van der Waals surface area contributed by atoms with E-state index in [-0.39, 0.29) is 19.7 Å². The maximum absolute atomic E-state index is 12.4. The third kappa shape index (κ3) is 4.25. The summed E-state index contributed by atoms with van der Waals surface area (Å²) in [6, 6.07) is 6.22. The molecule has 0 saturated carbocycles. The molecule has 4 amide bonds. The molecule has 1 aromatic carbocycles. The molecule has 1 aliphatic carbocycles. The molecule has 1 heterocycles. The highest BCUT2D eigenvalue weighted by molar-refractivity contribution is 6.44. The van der Waals surface area contributed by atoms with Crippen LogP contribution in [0.25, 0.3) is 0 Å². The normalized spacial score (nSPS) is 17.7. The average molecular weight is 377 g/mol. The van der Waals surface area contributed by atoms with Gasteiger partial charge in [-0.1, -0.05) is 23.3 Å². The van der Waals surface area contributed by atoms with Crippen molar-refractivity contribution >= 4 is 29.4 Å². The third-order valence-electron chi connectivity index (χ3n) is 4.57. The molecule has 0 atom stereocenters. The van der Waals surface area contributed by atoms with Crippen molar-refractivity contribution in [3.05, 3.63) is 40.9 Å². The summed E-state index contributed by atoms with van der Waals surface area (Å²) in [4.78, 5) is 38.6. The molecule has 0 aromatic heterocycles. The lowest BCUT2D eigenvalue weighted by Gasteiger charge is -2.18.